The predicted octanol–water partition coefficient (Wildman–Crippen LogP) is 1.25. The first-order chi connectivity index (χ1) is 10.7. The molecule has 1 aromatic heterocycles. The molecule has 128 valence electrons. The number of aromatic nitrogens is 1. The van der Waals surface area contributed by atoms with Crippen LogP contribution in [-0.2, 0) is 19.4 Å². The minimum absolute atomic E-state index is 0.0422. The fraction of sp³-hybridized carbons (Fsp3) is 0.571. The van der Waals surface area contributed by atoms with Gasteiger partial charge in [-0.05, 0) is 26.3 Å². The van der Waals surface area contributed by atoms with E-state index in [0.717, 1.165) is 0 Å². The van der Waals surface area contributed by atoms with Gasteiger partial charge < -0.3 is 14.6 Å². The molecule has 1 aromatic rings. The zero-order chi connectivity index (χ0) is 17.2. The van der Waals surface area contributed by atoms with Crippen molar-refractivity contribution in [3.8, 4) is 0 Å². The van der Waals surface area contributed by atoms with Crippen LogP contribution in [-0.4, -0.2) is 60.4 Å². The number of ether oxygens (including phenoxy) is 1. The van der Waals surface area contributed by atoms with E-state index in [1.165, 1.54) is 24.1 Å². The van der Waals surface area contributed by atoms with E-state index < -0.39 is 27.8 Å². The number of carbonyl (C=O) groups excluding carboxylic acids is 2. The van der Waals surface area contributed by atoms with Crippen LogP contribution < -0.4 is 0 Å². The Hall–Kier alpha value is -1.54. The fourth-order valence-corrected chi connectivity index (χ4v) is 4.50. The fourth-order valence-electron chi connectivity index (χ4n) is 2.61. The van der Waals surface area contributed by atoms with Gasteiger partial charge in [0.25, 0.3) is 5.91 Å². The molecule has 1 N–H and O–H groups in total. The van der Waals surface area contributed by atoms with E-state index in [9.17, 15) is 18.0 Å². The summed E-state index contributed by atoms with van der Waals surface area (Å²) in [5, 5.41) is 0.363. The summed E-state index contributed by atoms with van der Waals surface area (Å²) in [7, 11) is -3.09. The molecule has 9 heteroatoms. The van der Waals surface area contributed by atoms with Crippen LogP contribution in [0.25, 0.3) is 0 Å². The van der Waals surface area contributed by atoms with E-state index >= 15 is 0 Å². The van der Waals surface area contributed by atoms with E-state index in [1.54, 1.807) is 6.92 Å². The number of aromatic amines is 1. The minimum atomic E-state index is -3.09. The highest BCUT2D eigenvalue weighted by Gasteiger charge is 2.36. The quantitative estimate of drug-likeness (QED) is 0.795. The van der Waals surface area contributed by atoms with Crippen LogP contribution in [0.2, 0.25) is 5.02 Å². The molecule has 0 saturated carbocycles. The zero-order valence-corrected chi connectivity index (χ0v) is 14.5. The van der Waals surface area contributed by atoms with Crippen LogP contribution in [0.4, 0.5) is 0 Å². The Labute approximate surface area is 139 Å². The molecule has 0 aromatic carbocycles. The van der Waals surface area contributed by atoms with E-state index in [-0.39, 0.29) is 23.2 Å². The summed E-state index contributed by atoms with van der Waals surface area (Å²) in [5.41, 5.74) is 0.154. The SMILES string of the molecule is CCN(C(=O)C(C)OC(=O)c1cc(Cl)c[nH]1)C1CCS(=O)(=O)C1. The number of carbonyl (C=O) groups is 2. The summed E-state index contributed by atoms with van der Waals surface area (Å²) < 4.78 is 28.3. The number of esters is 1. The normalized spacial score (nSPS) is 20.9. The van der Waals surface area contributed by atoms with Gasteiger partial charge in [-0.15, -0.1) is 0 Å². The van der Waals surface area contributed by atoms with Gasteiger partial charge in [0.05, 0.1) is 16.5 Å². The lowest BCUT2D eigenvalue weighted by Crippen LogP contribution is -2.46. The second-order valence-electron chi connectivity index (χ2n) is 5.46. The molecule has 2 rings (SSSR count). The van der Waals surface area contributed by atoms with Crippen LogP contribution in [0.5, 0.6) is 0 Å². The summed E-state index contributed by atoms with van der Waals surface area (Å²) in [5.74, 6) is -1.05. The molecule has 1 saturated heterocycles. The summed E-state index contributed by atoms with van der Waals surface area (Å²) >= 11 is 5.72. The minimum Gasteiger partial charge on any atom is -0.448 e. The number of rotatable bonds is 5. The number of hydrogen-bond donors (Lipinski definition) is 1. The lowest BCUT2D eigenvalue weighted by molar-refractivity contribution is -0.141. The first-order valence-corrected chi connectivity index (χ1v) is 9.49. The highest BCUT2D eigenvalue weighted by Crippen LogP contribution is 2.19. The smallest absolute Gasteiger partial charge is 0.355 e. The van der Waals surface area contributed by atoms with Gasteiger partial charge in [-0.3, -0.25) is 4.79 Å². The molecule has 23 heavy (non-hydrogen) atoms. The van der Waals surface area contributed by atoms with E-state index in [0.29, 0.717) is 18.0 Å². The van der Waals surface area contributed by atoms with Crippen LogP contribution in [0.15, 0.2) is 12.3 Å². The largest absolute Gasteiger partial charge is 0.448 e. The number of amides is 1. The Morgan fingerprint density at radius 3 is 2.70 bits per heavy atom. The predicted molar refractivity (Wildman–Crippen MR) is 85.1 cm³/mol. The number of hydrogen-bond acceptors (Lipinski definition) is 5. The van der Waals surface area contributed by atoms with Gasteiger partial charge in [0.2, 0.25) is 0 Å². The summed E-state index contributed by atoms with van der Waals surface area (Å²) in [6.45, 7) is 3.59. The van der Waals surface area contributed by atoms with Crippen LogP contribution in [0.3, 0.4) is 0 Å². The number of nitrogens with one attached hydrogen (secondary N) is 1. The molecular formula is C14H19ClN2O5S. The molecule has 1 aliphatic heterocycles. The molecule has 0 aliphatic carbocycles. The third kappa shape index (κ3) is 4.26. The van der Waals surface area contributed by atoms with Crippen molar-refractivity contribution in [1.29, 1.82) is 0 Å². The number of halogens is 1. The second-order valence-corrected chi connectivity index (χ2v) is 8.13. The Morgan fingerprint density at radius 1 is 1.52 bits per heavy atom. The van der Waals surface area contributed by atoms with Crippen molar-refractivity contribution in [2.24, 2.45) is 0 Å². The lowest BCUT2D eigenvalue weighted by Gasteiger charge is -2.29. The average Bonchev–Trinajstić information content (AvgIpc) is 3.05. The molecule has 1 amide bonds. The van der Waals surface area contributed by atoms with E-state index in [4.69, 9.17) is 16.3 Å². The highest BCUT2D eigenvalue weighted by molar-refractivity contribution is 7.91. The molecular weight excluding hydrogens is 344 g/mol. The molecule has 0 spiro atoms. The zero-order valence-electron chi connectivity index (χ0n) is 12.9. The maximum Gasteiger partial charge on any atom is 0.355 e. The first kappa shape index (κ1) is 17.8. The topological polar surface area (TPSA) is 96.5 Å². The van der Waals surface area contributed by atoms with E-state index in [1.807, 2.05) is 0 Å². The van der Waals surface area contributed by atoms with Gasteiger partial charge >= 0.3 is 5.97 Å². The standard InChI is InChI=1S/C14H19ClN2O5S/c1-3-17(11-4-5-23(20,21)8-11)13(18)9(2)22-14(19)12-6-10(15)7-16-12/h6-7,9,11,16H,3-5,8H2,1-2H3. The third-order valence-electron chi connectivity index (χ3n) is 3.77. The van der Waals surface area contributed by atoms with Crippen molar-refractivity contribution < 1.29 is 22.7 Å². The Kier molecular flexibility index (Phi) is 5.36. The summed E-state index contributed by atoms with van der Waals surface area (Å²) in [4.78, 5) is 28.5. The maximum absolute atomic E-state index is 12.5. The van der Waals surface area contributed by atoms with E-state index in [2.05, 4.69) is 4.98 Å². The molecule has 1 aliphatic rings. The summed E-state index contributed by atoms with van der Waals surface area (Å²) in [6.07, 6.45) is 0.842. The first-order valence-electron chi connectivity index (χ1n) is 7.29. The Bertz CT molecular complexity index is 700. The number of sulfone groups is 1. The van der Waals surface area contributed by atoms with Gasteiger partial charge in [0, 0.05) is 18.8 Å². The molecule has 7 nitrogen and oxygen atoms in total. The van der Waals surface area contributed by atoms with Crippen LogP contribution >= 0.6 is 11.6 Å². The maximum atomic E-state index is 12.5. The van der Waals surface area contributed by atoms with Crippen molar-refractivity contribution in [3.05, 3.63) is 23.0 Å². The Morgan fingerprint density at radius 2 is 2.22 bits per heavy atom. The van der Waals surface area contributed by atoms with Gasteiger partial charge in [-0.2, -0.15) is 0 Å². The van der Waals surface area contributed by atoms with Gasteiger partial charge in [-0.1, -0.05) is 11.6 Å². The van der Waals surface area contributed by atoms with Crippen LogP contribution in [0, 0.1) is 0 Å². The molecule has 2 unspecified atom stereocenters. The molecule has 2 heterocycles. The summed E-state index contributed by atoms with van der Waals surface area (Å²) in [6, 6.07) is 1.04. The van der Waals surface area contributed by atoms with Crippen molar-refractivity contribution in [2.45, 2.75) is 32.4 Å². The van der Waals surface area contributed by atoms with Gasteiger partial charge in [0.15, 0.2) is 15.9 Å². The number of nitrogens with zero attached hydrogens (tertiary/aromatic N) is 1. The monoisotopic (exact) mass is 362 g/mol. The van der Waals surface area contributed by atoms with Crippen molar-refractivity contribution in [2.75, 3.05) is 18.1 Å². The molecule has 1 fully saturated rings. The van der Waals surface area contributed by atoms with Crippen molar-refractivity contribution >= 4 is 33.3 Å². The number of likely N-dealkylation sites (N-methyl/N-ethyl adjacent to an activating group) is 1. The molecule has 2 atom stereocenters. The van der Waals surface area contributed by atoms with Crippen molar-refractivity contribution in [3.63, 3.8) is 0 Å². The van der Waals surface area contributed by atoms with Gasteiger partial charge in [0.1, 0.15) is 5.69 Å². The molecule has 0 radical (unpaired) electrons. The van der Waals surface area contributed by atoms with Crippen LogP contribution in [0.1, 0.15) is 30.8 Å². The number of H-pyrrole nitrogens is 1. The molecule has 0 bridgehead atoms. The van der Waals surface area contributed by atoms with Crippen molar-refractivity contribution in [1.82, 2.24) is 9.88 Å². The lowest BCUT2D eigenvalue weighted by atomic mass is 10.2. The average molecular weight is 363 g/mol. The highest BCUT2D eigenvalue weighted by atomic mass is 35.5. The third-order valence-corrected chi connectivity index (χ3v) is 5.74. The van der Waals surface area contributed by atoms with Gasteiger partial charge in [-0.25, -0.2) is 13.2 Å². The Balaban J connectivity index is 2.01. The second kappa shape index (κ2) is 6.92.